The topological polar surface area (TPSA) is 67.8 Å². The van der Waals surface area contributed by atoms with E-state index in [0.717, 1.165) is 0 Å². The maximum atomic E-state index is 7.51. The summed E-state index contributed by atoms with van der Waals surface area (Å²) in [6.07, 6.45) is 0. The molecule has 3 nitrogen and oxygen atoms in total. The summed E-state index contributed by atoms with van der Waals surface area (Å²) in [5, 5.41) is 21.4. The standard InChI is InChI=1S/C2H3NO.CHN/c3-1-2-4;1-2/h4H,2H2;1H. The van der Waals surface area contributed by atoms with Crippen molar-refractivity contribution in [3.05, 3.63) is 0 Å². The van der Waals surface area contributed by atoms with Crippen molar-refractivity contribution >= 4 is 0 Å². The molecule has 3 heteroatoms. The Morgan fingerprint density at radius 3 is 1.83 bits per heavy atom. The fourth-order valence-corrected chi connectivity index (χ4v) is 0. The van der Waals surface area contributed by atoms with Crippen LogP contribution in [0.15, 0.2) is 0 Å². The number of rotatable bonds is 0. The number of aliphatic hydroxyl groups excluding tert-OH is 1. The number of hydrogen-bond donors (Lipinski definition) is 1. The Morgan fingerprint density at radius 2 is 1.83 bits per heavy atom. The second kappa shape index (κ2) is 38.5. The Hall–Kier alpha value is -1.06. The van der Waals surface area contributed by atoms with Crippen molar-refractivity contribution in [3.8, 4) is 12.6 Å². The van der Waals surface area contributed by atoms with Crippen LogP contribution in [0.1, 0.15) is 0 Å². The third-order valence-corrected chi connectivity index (χ3v) is 0.0707. The van der Waals surface area contributed by atoms with Crippen molar-refractivity contribution in [3.63, 3.8) is 0 Å². The number of aliphatic hydroxyl groups is 1. The van der Waals surface area contributed by atoms with E-state index in [4.69, 9.17) is 15.6 Å². The van der Waals surface area contributed by atoms with Crippen LogP contribution in [0.3, 0.4) is 0 Å². The second-order valence-corrected chi connectivity index (χ2v) is 0.316. The molecule has 0 spiro atoms. The molecule has 0 aliphatic rings. The first-order chi connectivity index (χ1) is 2.91. The Bertz CT molecular complexity index is 60.9. The zero-order chi connectivity index (χ0) is 5.41. The molecule has 0 aromatic heterocycles. The van der Waals surface area contributed by atoms with Gasteiger partial charge in [-0.2, -0.15) is 5.26 Å². The van der Waals surface area contributed by atoms with Gasteiger partial charge in [0.25, 0.3) is 0 Å². The third-order valence-electron chi connectivity index (χ3n) is 0.0707. The fraction of sp³-hybridized carbons (Fsp3) is 0.333. The second-order valence-electron chi connectivity index (χ2n) is 0.316. The molecule has 0 aromatic rings. The summed E-state index contributed by atoms with van der Waals surface area (Å²) in [4.78, 5) is 0. The van der Waals surface area contributed by atoms with Crippen molar-refractivity contribution in [1.29, 1.82) is 10.5 Å². The Kier molecular flexibility index (Phi) is 57.0. The van der Waals surface area contributed by atoms with E-state index in [1.807, 2.05) is 0 Å². The first-order valence-corrected chi connectivity index (χ1v) is 1.15. The van der Waals surface area contributed by atoms with Crippen LogP contribution in [0, 0.1) is 23.2 Å². The van der Waals surface area contributed by atoms with Crippen LogP contribution in [0.4, 0.5) is 0 Å². The predicted octanol–water partition coefficient (Wildman–Crippen LogP) is -0.358. The largest absolute Gasteiger partial charge is 0.381 e. The third kappa shape index (κ3) is 3070. The van der Waals surface area contributed by atoms with E-state index in [1.165, 1.54) is 6.07 Å². The van der Waals surface area contributed by atoms with Gasteiger partial charge in [0, 0.05) is 6.57 Å². The lowest BCUT2D eigenvalue weighted by Gasteiger charge is -1.50. The van der Waals surface area contributed by atoms with Gasteiger partial charge in [0.2, 0.25) is 0 Å². The zero-order valence-electron chi connectivity index (χ0n) is 3.13. The van der Waals surface area contributed by atoms with Crippen LogP contribution >= 0.6 is 0 Å². The van der Waals surface area contributed by atoms with E-state index in [-0.39, 0.29) is 6.61 Å². The van der Waals surface area contributed by atoms with Gasteiger partial charge in [-0.25, -0.2) is 5.26 Å². The molecule has 0 heterocycles. The molecule has 0 unspecified atom stereocenters. The summed E-state index contributed by atoms with van der Waals surface area (Å²) >= 11 is 0. The number of hydrogen-bond acceptors (Lipinski definition) is 3. The average molecular weight is 84.1 g/mol. The van der Waals surface area contributed by atoms with Crippen LogP contribution in [0.5, 0.6) is 0 Å². The monoisotopic (exact) mass is 84.0 g/mol. The first-order valence-electron chi connectivity index (χ1n) is 1.15. The van der Waals surface area contributed by atoms with E-state index in [0.29, 0.717) is 0 Å². The lowest BCUT2D eigenvalue weighted by atomic mass is 10.9. The van der Waals surface area contributed by atoms with E-state index in [1.54, 1.807) is 0 Å². The van der Waals surface area contributed by atoms with Gasteiger partial charge in [-0.3, -0.25) is 0 Å². The van der Waals surface area contributed by atoms with Crippen molar-refractivity contribution < 1.29 is 5.11 Å². The molecule has 0 aromatic carbocycles. The molecule has 0 atom stereocenters. The van der Waals surface area contributed by atoms with Gasteiger partial charge in [0.1, 0.15) is 6.61 Å². The van der Waals surface area contributed by atoms with E-state index in [2.05, 4.69) is 6.57 Å². The fourth-order valence-electron chi connectivity index (χ4n) is 0. The summed E-state index contributed by atoms with van der Waals surface area (Å²) < 4.78 is 0. The van der Waals surface area contributed by atoms with E-state index >= 15 is 0 Å². The summed E-state index contributed by atoms with van der Waals surface area (Å²) in [7, 11) is 0. The van der Waals surface area contributed by atoms with Crippen LogP contribution in [-0.2, 0) is 0 Å². The summed E-state index contributed by atoms with van der Waals surface area (Å²) in [5.74, 6) is 0. The molecular formula is C3H4N2O. The molecule has 6 heavy (non-hydrogen) atoms. The zero-order valence-corrected chi connectivity index (χ0v) is 3.13. The van der Waals surface area contributed by atoms with Crippen LogP contribution < -0.4 is 0 Å². The van der Waals surface area contributed by atoms with Gasteiger partial charge in [-0.15, -0.1) is 0 Å². The Morgan fingerprint density at radius 1 is 1.67 bits per heavy atom. The van der Waals surface area contributed by atoms with Crippen LogP contribution in [0.25, 0.3) is 0 Å². The normalized spacial score (nSPS) is 3.67. The Labute approximate surface area is 36.1 Å². The van der Waals surface area contributed by atoms with Gasteiger partial charge < -0.3 is 5.11 Å². The maximum Gasteiger partial charge on any atom is 0.130 e. The summed E-state index contributed by atoms with van der Waals surface area (Å²) in [6, 6.07) is 1.49. The highest BCUT2D eigenvalue weighted by atomic mass is 16.2. The van der Waals surface area contributed by atoms with Crippen molar-refractivity contribution in [2.75, 3.05) is 6.61 Å². The first kappa shape index (κ1) is 8.87. The molecule has 32 valence electrons. The average Bonchev–Trinajstić information content (AvgIpc) is 1.72. The molecule has 0 bridgehead atoms. The number of nitriles is 2. The van der Waals surface area contributed by atoms with E-state index < -0.39 is 0 Å². The SMILES string of the molecule is C#N.N#CCO. The summed E-state index contributed by atoms with van der Waals surface area (Å²) in [5.41, 5.74) is 0. The quantitative estimate of drug-likeness (QED) is 0.407. The minimum Gasteiger partial charge on any atom is -0.381 e. The molecule has 0 saturated heterocycles. The molecular weight excluding hydrogens is 80.0 g/mol. The lowest BCUT2D eigenvalue weighted by molar-refractivity contribution is 0.348. The van der Waals surface area contributed by atoms with Crippen LogP contribution in [-0.4, -0.2) is 11.7 Å². The molecule has 0 amide bonds. The van der Waals surface area contributed by atoms with E-state index in [9.17, 15) is 0 Å². The van der Waals surface area contributed by atoms with Gasteiger partial charge in [0.15, 0.2) is 0 Å². The summed E-state index contributed by atoms with van der Waals surface area (Å²) in [6.45, 7) is 3.12. The highest BCUT2D eigenvalue weighted by Crippen LogP contribution is 1.34. The maximum absolute atomic E-state index is 7.51. The van der Waals surface area contributed by atoms with Gasteiger partial charge in [0.05, 0.1) is 6.07 Å². The highest BCUT2D eigenvalue weighted by molar-refractivity contribution is 4.63. The minimum atomic E-state index is -0.375. The van der Waals surface area contributed by atoms with Gasteiger partial charge in [-0.1, -0.05) is 0 Å². The van der Waals surface area contributed by atoms with Crippen molar-refractivity contribution in [2.45, 2.75) is 0 Å². The van der Waals surface area contributed by atoms with Crippen LogP contribution in [0.2, 0.25) is 0 Å². The molecule has 0 rings (SSSR count). The van der Waals surface area contributed by atoms with Crippen molar-refractivity contribution in [1.82, 2.24) is 0 Å². The highest BCUT2D eigenvalue weighted by Gasteiger charge is 1.49. The number of nitrogens with zero attached hydrogens (tertiary/aromatic N) is 2. The molecule has 0 saturated carbocycles. The molecule has 0 aliphatic carbocycles. The Balaban J connectivity index is 0. The molecule has 0 aliphatic heterocycles. The molecule has 1 N–H and O–H groups in total. The molecule has 0 radical (unpaired) electrons. The minimum absolute atomic E-state index is 0.375. The predicted molar refractivity (Wildman–Crippen MR) is 19.4 cm³/mol. The van der Waals surface area contributed by atoms with Gasteiger partial charge >= 0.3 is 0 Å². The van der Waals surface area contributed by atoms with Gasteiger partial charge in [-0.05, 0) is 0 Å². The van der Waals surface area contributed by atoms with Crippen molar-refractivity contribution in [2.24, 2.45) is 0 Å². The molecule has 0 fully saturated rings. The lowest BCUT2D eigenvalue weighted by Crippen LogP contribution is -1.64. The smallest absolute Gasteiger partial charge is 0.130 e.